The van der Waals surface area contributed by atoms with Crippen LogP contribution in [0.1, 0.15) is 47.5 Å². The summed E-state index contributed by atoms with van der Waals surface area (Å²) in [6.07, 6.45) is 2.94. The maximum Gasteiger partial charge on any atom is 0.407 e. The number of nitrogens with zero attached hydrogens (tertiary/aromatic N) is 1. The van der Waals surface area contributed by atoms with Crippen LogP contribution in [0, 0.1) is 0 Å². The number of carbonyl (C=O) groups is 1. The summed E-state index contributed by atoms with van der Waals surface area (Å²) in [7, 11) is 0. The number of aromatic nitrogens is 1. The van der Waals surface area contributed by atoms with Crippen molar-refractivity contribution in [2.24, 2.45) is 0 Å². The minimum atomic E-state index is -0.480. The van der Waals surface area contributed by atoms with Gasteiger partial charge in [-0.2, -0.15) is 0 Å². The van der Waals surface area contributed by atoms with Crippen LogP contribution >= 0.6 is 15.9 Å². The molecule has 6 heteroatoms. The zero-order valence-corrected chi connectivity index (χ0v) is 15.4. The Morgan fingerprint density at radius 3 is 2.64 bits per heavy atom. The molecular formula is C16H25BrN2O3. The molecule has 0 radical (unpaired) electrons. The zero-order valence-electron chi connectivity index (χ0n) is 13.9. The molecule has 1 amide bonds. The Balaban J connectivity index is 2.31. The van der Waals surface area contributed by atoms with E-state index in [-0.39, 0.29) is 18.2 Å². The first kappa shape index (κ1) is 18.7. The van der Waals surface area contributed by atoms with Gasteiger partial charge in [0.2, 0.25) is 5.88 Å². The van der Waals surface area contributed by atoms with Crippen molar-refractivity contribution in [3.05, 3.63) is 22.8 Å². The first-order chi connectivity index (χ1) is 10.2. The molecule has 0 bridgehead atoms. The Kier molecular flexibility index (Phi) is 7.13. The number of carbonyl (C=O) groups excluding carboxylic acids is 1. The van der Waals surface area contributed by atoms with E-state index in [2.05, 4.69) is 26.2 Å². The quantitative estimate of drug-likeness (QED) is 0.808. The van der Waals surface area contributed by atoms with Crippen LogP contribution < -0.4 is 10.1 Å². The molecule has 2 atom stereocenters. The summed E-state index contributed by atoms with van der Waals surface area (Å²) in [6, 6.07) is 3.71. The third kappa shape index (κ3) is 8.22. The normalized spacial score (nSPS) is 14.1. The monoisotopic (exact) mass is 372 g/mol. The molecule has 0 aromatic carbocycles. The van der Waals surface area contributed by atoms with Crippen molar-refractivity contribution in [3.8, 4) is 5.88 Å². The van der Waals surface area contributed by atoms with E-state index in [1.807, 2.05) is 46.8 Å². The second-order valence-electron chi connectivity index (χ2n) is 6.37. The minimum Gasteiger partial charge on any atom is -0.475 e. The van der Waals surface area contributed by atoms with Gasteiger partial charge in [0.05, 0.1) is 6.10 Å². The van der Waals surface area contributed by atoms with Gasteiger partial charge in [0, 0.05) is 22.8 Å². The molecule has 0 saturated carbocycles. The number of amides is 1. The maximum atomic E-state index is 11.7. The number of ether oxygens (including phenoxy) is 2. The Morgan fingerprint density at radius 2 is 2.05 bits per heavy atom. The molecule has 0 aliphatic carbocycles. The van der Waals surface area contributed by atoms with E-state index in [1.165, 1.54) is 0 Å². The lowest BCUT2D eigenvalue weighted by Crippen LogP contribution is -2.38. The van der Waals surface area contributed by atoms with Crippen molar-refractivity contribution in [2.45, 2.75) is 65.2 Å². The summed E-state index contributed by atoms with van der Waals surface area (Å²) in [5, 5.41) is 2.82. The molecule has 1 rings (SSSR count). The molecule has 5 nitrogen and oxygen atoms in total. The third-order valence-corrected chi connectivity index (χ3v) is 3.28. The predicted molar refractivity (Wildman–Crippen MR) is 90.1 cm³/mol. The van der Waals surface area contributed by atoms with Crippen molar-refractivity contribution in [3.63, 3.8) is 0 Å². The van der Waals surface area contributed by atoms with Crippen LogP contribution in [0.3, 0.4) is 0 Å². The van der Waals surface area contributed by atoms with Gasteiger partial charge in [-0.05, 0) is 53.5 Å². The molecule has 1 heterocycles. The number of pyridine rings is 1. The number of hydrogen-bond acceptors (Lipinski definition) is 4. The van der Waals surface area contributed by atoms with Crippen molar-refractivity contribution in [1.82, 2.24) is 10.3 Å². The Morgan fingerprint density at radius 1 is 1.36 bits per heavy atom. The van der Waals surface area contributed by atoms with Gasteiger partial charge in [-0.15, -0.1) is 0 Å². The SMILES string of the molecule is C[C@H](CC[C@H](C)Oc1cc(Br)ccn1)NC(=O)OC(C)(C)C. The van der Waals surface area contributed by atoms with Crippen LogP contribution in [0.2, 0.25) is 0 Å². The average Bonchev–Trinajstić information content (AvgIpc) is 2.34. The fourth-order valence-corrected chi connectivity index (χ4v) is 2.09. The second kappa shape index (κ2) is 8.36. The summed E-state index contributed by atoms with van der Waals surface area (Å²) >= 11 is 3.38. The molecule has 0 aliphatic heterocycles. The van der Waals surface area contributed by atoms with E-state index in [1.54, 1.807) is 6.20 Å². The number of halogens is 1. The summed E-state index contributed by atoms with van der Waals surface area (Å²) in [4.78, 5) is 15.8. The fourth-order valence-electron chi connectivity index (χ4n) is 1.78. The van der Waals surface area contributed by atoms with Gasteiger partial charge in [0.25, 0.3) is 0 Å². The summed E-state index contributed by atoms with van der Waals surface area (Å²) in [5.74, 6) is 0.592. The Bertz CT molecular complexity index is 489. The second-order valence-corrected chi connectivity index (χ2v) is 7.28. The molecule has 1 aromatic heterocycles. The van der Waals surface area contributed by atoms with Gasteiger partial charge in [0.15, 0.2) is 0 Å². The largest absolute Gasteiger partial charge is 0.475 e. The van der Waals surface area contributed by atoms with E-state index < -0.39 is 5.60 Å². The van der Waals surface area contributed by atoms with E-state index in [0.29, 0.717) is 5.88 Å². The lowest BCUT2D eigenvalue weighted by Gasteiger charge is -2.22. The summed E-state index contributed by atoms with van der Waals surface area (Å²) in [6.45, 7) is 9.48. The Labute approximate surface area is 140 Å². The first-order valence-electron chi connectivity index (χ1n) is 7.43. The van der Waals surface area contributed by atoms with Gasteiger partial charge >= 0.3 is 6.09 Å². The van der Waals surface area contributed by atoms with Crippen molar-refractivity contribution < 1.29 is 14.3 Å². The molecule has 1 N–H and O–H groups in total. The molecule has 0 aliphatic rings. The van der Waals surface area contributed by atoms with Gasteiger partial charge in [-0.1, -0.05) is 15.9 Å². The Hall–Kier alpha value is -1.30. The molecule has 124 valence electrons. The molecule has 0 fully saturated rings. The van der Waals surface area contributed by atoms with Crippen molar-refractivity contribution >= 4 is 22.0 Å². The van der Waals surface area contributed by atoms with E-state index >= 15 is 0 Å². The summed E-state index contributed by atoms with van der Waals surface area (Å²) in [5.41, 5.74) is -0.480. The smallest absolute Gasteiger partial charge is 0.407 e. The van der Waals surface area contributed by atoms with Crippen LogP contribution in [-0.4, -0.2) is 28.8 Å². The van der Waals surface area contributed by atoms with E-state index in [4.69, 9.17) is 9.47 Å². The van der Waals surface area contributed by atoms with E-state index in [0.717, 1.165) is 17.3 Å². The molecule has 0 saturated heterocycles. The highest BCUT2D eigenvalue weighted by Crippen LogP contribution is 2.17. The van der Waals surface area contributed by atoms with Gasteiger partial charge in [-0.25, -0.2) is 9.78 Å². The molecular weight excluding hydrogens is 348 g/mol. The van der Waals surface area contributed by atoms with E-state index in [9.17, 15) is 4.79 Å². The van der Waals surface area contributed by atoms with Crippen LogP contribution in [0.5, 0.6) is 5.88 Å². The molecule has 0 spiro atoms. The van der Waals surface area contributed by atoms with Crippen LogP contribution in [0.15, 0.2) is 22.8 Å². The highest BCUT2D eigenvalue weighted by molar-refractivity contribution is 9.10. The first-order valence-corrected chi connectivity index (χ1v) is 8.23. The summed E-state index contributed by atoms with van der Waals surface area (Å²) < 4.78 is 11.9. The highest BCUT2D eigenvalue weighted by atomic mass is 79.9. The van der Waals surface area contributed by atoms with Crippen molar-refractivity contribution in [1.29, 1.82) is 0 Å². The zero-order chi connectivity index (χ0) is 16.8. The highest BCUT2D eigenvalue weighted by Gasteiger charge is 2.18. The molecule has 22 heavy (non-hydrogen) atoms. The van der Waals surface area contributed by atoms with Crippen molar-refractivity contribution in [2.75, 3.05) is 0 Å². The topological polar surface area (TPSA) is 60.5 Å². The van der Waals surface area contributed by atoms with Crippen LogP contribution in [0.4, 0.5) is 4.79 Å². The molecule has 0 unspecified atom stereocenters. The van der Waals surface area contributed by atoms with Crippen LogP contribution in [0.25, 0.3) is 0 Å². The molecule has 1 aromatic rings. The average molecular weight is 373 g/mol. The fraction of sp³-hybridized carbons (Fsp3) is 0.625. The number of rotatable bonds is 6. The standard InChI is InChI=1S/C16H25BrN2O3/c1-11(19-15(20)22-16(3,4)5)6-7-12(2)21-14-10-13(17)8-9-18-14/h8-12H,6-7H2,1-5H3,(H,19,20)/t11-,12+/m1/s1. The lowest BCUT2D eigenvalue weighted by atomic mass is 10.1. The number of alkyl carbamates (subject to hydrolysis) is 1. The van der Waals surface area contributed by atoms with Gasteiger partial charge in [0.1, 0.15) is 5.60 Å². The predicted octanol–water partition coefficient (Wildman–Crippen LogP) is 4.30. The van der Waals surface area contributed by atoms with Gasteiger partial charge < -0.3 is 14.8 Å². The number of nitrogens with one attached hydrogen (secondary N) is 1. The number of hydrogen-bond donors (Lipinski definition) is 1. The van der Waals surface area contributed by atoms with Crippen LogP contribution in [-0.2, 0) is 4.74 Å². The lowest BCUT2D eigenvalue weighted by molar-refractivity contribution is 0.0502. The third-order valence-electron chi connectivity index (χ3n) is 2.79. The minimum absolute atomic E-state index is 0.0182. The van der Waals surface area contributed by atoms with Gasteiger partial charge in [-0.3, -0.25) is 0 Å². The maximum absolute atomic E-state index is 11.7.